The van der Waals surface area contributed by atoms with E-state index < -0.39 is 0 Å². The first-order valence-electron chi connectivity index (χ1n) is 5.40. The summed E-state index contributed by atoms with van der Waals surface area (Å²) in [4.78, 5) is 23.5. The number of ether oxygens (including phenoxy) is 1. The Labute approximate surface area is 118 Å². The SMILES string of the molecule is Cc1nc(Cl)cc(NC(COC=O)c2cncs2)n1. The summed E-state index contributed by atoms with van der Waals surface area (Å²) in [6, 6.07) is 1.40. The summed E-state index contributed by atoms with van der Waals surface area (Å²) in [7, 11) is 0. The van der Waals surface area contributed by atoms with Gasteiger partial charge in [-0.15, -0.1) is 11.3 Å². The van der Waals surface area contributed by atoms with Crippen LogP contribution in [-0.2, 0) is 9.53 Å². The topological polar surface area (TPSA) is 77.0 Å². The Morgan fingerprint density at radius 3 is 3.05 bits per heavy atom. The van der Waals surface area contributed by atoms with E-state index in [2.05, 4.69) is 20.3 Å². The van der Waals surface area contributed by atoms with Crippen LogP contribution in [0.1, 0.15) is 16.7 Å². The highest BCUT2D eigenvalue weighted by molar-refractivity contribution is 7.09. The fourth-order valence-corrected chi connectivity index (χ4v) is 2.39. The van der Waals surface area contributed by atoms with Crippen molar-refractivity contribution in [1.29, 1.82) is 0 Å². The first-order chi connectivity index (χ1) is 9.19. The first-order valence-corrected chi connectivity index (χ1v) is 6.66. The number of carbonyl (C=O) groups excluding carboxylic acids is 1. The van der Waals surface area contributed by atoms with Gasteiger partial charge in [0.2, 0.25) is 0 Å². The number of hydrogen-bond acceptors (Lipinski definition) is 7. The summed E-state index contributed by atoms with van der Waals surface area (Å²) in [5, 5.41) is 3.50. The second-order valence-corrected chi connectivity index (χ2v) is 4.96. The molecule has 2 heterocycles. The van der Waals surface area contributed by atoms with Gasteiger partial charge in [0.1, 0.15) is 23.4 Å². The Kier molecular flexibility index (Phi) is 4.64. The van der Waals surface area contributed by atoms with Crippen molar-refractivity contribution >= 4 is 35.2 Å². The van der Waals surface area contributed by atoms with Gasteiger partial charge in [-0.2, -0.15) is 0 Å². The van der Waals surface area contributed by atoms with E-state index in [0.717, 1.165) is 4.88 Å². The molecule has 0 amide bonds. The average Bonchev–Trinajstić information content (AvgIpc) is 2.87. The van der Waals surface area contributed by atoms with Gasteiger partial charge in [0, 0.05) is 12.3 Å². The van der Waals surface area contributed by atoms with Crippen molar-refractivity contribution in [2.75, 3.05) is 11.9 Å². The number of thiazole rings is 1. The highest BCUT2D eigenvalue weighted by atomic mass is 35.5. The van der Waals surface area contributed by atoms with Crippen molar-refractivity contribution in [2.45, 2.75) is 13.0 Å². The Hall–Kier alpha value is -1.73. The van der Waals surface area contributed by atoms with Crippen LogP contribution in [0.5, 0.6) is 0 Å². The maximum absolute atomic E-state index is 10.3. The predicted molar refractivity (Wildman–Crippen MR) is 72.3 cm³/mol. The van der Waals surface area contributed by atoms with Crippen LogP contribution in [0.4, 0.5) is 5.82 Å². The molecule has 2 aromatic heterocycles. The van der Waals surface area contributed by atoms with Crippen LogP contribution in [0, 0.1) is 6.92 Å². The fourth-order valence-electron chi connectivity index (χ4n) is 1.51. The summed E-state index contributed by atoms with van der Waals surface area (Å²) in [6.45, 7) is 2.35. The van der Waals surface area contributed by atoms with E-state index in [1.807, 2.05) is 0 Å². The molecule has 0 aliphatic carbocycles. The highest BCUT2D eigenvalue weighted by Crippen LogP contribution is 2.23. The standard InChI is InChI=1S/C11H11ClN4O2S/c1-7-14-10(12)2-11(15-7)16-8(4-18-6-17)9-3-13-5-19-9/h2-3,5-6,8H,4H2,1H3,(H,14,15,16). The molecule has 0 bridgehead atoms. The van der Waals surface area contributed by atoms with E-state index >= 15 is 0 Å². The number of hydrogen-bond donors (Lipinski definition) is 1. The molecule has 0 saturated heterocycles. The lowest BCUT2D eigenvalue weighted by molar-refractivity contribution is -0.129. The van der Waals surface area contributed by atoms with Crippen LogP contribution in [0.2, 0.25) is 5.15 Å². The Balaban J connectivity index is 2.17. The summed E-state index contributed by atoms with van der Waals surface area (Å²) in [5.41, 5.74) is 1.71. The van der Waals surface area contributed by atoms with E-state index in [1.54, 1.807) is 24.7 Å². The van der Waals surface area contributed by atoms with Crippen molar-refractivity contribution in [3.05, 3.63) is 33.6 Å². The second-order valence-electron chi connectivity index (χ2n) is 3.65. The Morgan fingerprint density at radius 2 is 2.42 bits per heavy atom. The first kappa shape index (κ1) is 13.7. The number of nitrogens with zero attached hydrogens (tertiary/aromatic N) is 3. The smallest absolute Gasteiger partial charge is 0.293 e. The molecule has 100 valence electrons. The monoisotopic (exact) mass is 298 g/mol. The third-order valence-corrected chi connectivity index (χ3v) is 3.34. The van der Waals surface area contributed by atoms with Crippen LogP contribution < -0.4 is 5.32 Å². The minimum Gasteiger partial charge on any atom is -0.465 e. The van der Waals surface area contributed by atoms with Crippen molar-refractivity contribution in [3.8, 4) is 0 Å². The van der Waals surface area contributed by atoms with Gasteiger partial charge in [0.05, 0.1) is 16.4 Å². The van der Waals surface area contributed by atoms with E-state index in [0.29, 0.717) is 23.3 Å². The molecule has 2 rings (SSSR count). The van der Waals surface area contributed by atoms with Gasteiger partial charge < -0.3 is 10.1 Å². The van der Waals surface area contributed by atoms with E-state index in [1.165, 1.54) is 11.3 Å². The molecule has 8 heteroatoms. The third-order valence-electron chi connectivity index (χ3n) is 2.25. The summed E-state index contributed by atoms with van der Waals surface area (Å²) >= 11 is 7.34. The van der Waals surface area contributed by atoms with Crippen molar-refractivity contribution in [3.63, 3.8) is 0 Å². The number of rotatable bonds is 6. The molecular weight excluding hydrogens is 288 g/mol. The number of halogens is 1. The summed E-state index contributed by atoms with van der Waals surface area (Å²) in [6.07, 6.45) is 1.71. The minimum atomic E-state index is -0.219. The summed E-state index contributed by atoms with van der Waals surface area (Å²) < 4.78 is 4.81. The molecule has 0 aliphatic rings. The molecule has 6 nitrogen and oxygen atoms in total. The third kappa shape index (κ3) is 3.87. The number of anilines is 1. The normalized spacial score (nSPS) is 11.9. The number of aryl methyl sites for hydroxylation is 1. The van der Waals surface area contributed by atoms with Crippen LogP contribution in [0.3, 0.4) is 0 Å². The van der Waals surface area contributed by atoms with Crippen LogP contribution in [-0.4, -0.2) is 28.0 Å². The van der Waals surface area contributed by atoms with Crippen LogP contribution >= 0.6 is 22.9 Å². The number of carbonyl (C=O) groups is 1. The molecule has 19 heavy (non-hydrogen) atoms. The molecule has 2 aromatic rings. The molecule has 1 N–H and O–H groups in total. The molecule has 0 saturated carbocycles. The molecule has 0 aliphatic heterocycles. The molecule has 0 radical (unpaired) electrons. The predicted octanol–water partition coefficient (Wildman–Crippen LogP) is 2.22. The lowest BCUT2D eigenvalue weighted by atomic mass is 10.2. The minimum absolute atomic E-state index is 0.187. The maximum atomic E-state index is 10.3. The zero-order valence-electron chi connectivity index (χ0n) is 10.0. The average molecular weight is 299 g/mol. The van der Waals surface area contributed by atoms with Gasteiger partial charge in [-0.25, -0.2) is 9.97 Å². The van der Waals surface area contributed by atoms with E-state index in [-0.39, 0.29) is 12.6 Å². The number of nitrogens with one attached hydrogen (secondary N) is 1. The Bertz CT molecular complexity index is 529. The lowest BCUT2D eigenvalue weighted by Crippen LogP contribution is -2.17. The van der Waals surface area contributed by atoms with Gasteiger partial charge in [-0.05, 0) is 6.92 Å². The van der Waals surface area contributed by atoms with Crippen molar-refractivity contribution in [2.24, 2.45) is 0 Å². The van der Waals surface area contributed by atoms with Crippen molar-refractivity contribution in [1.82, 2.24) is 15.0 Å². The second kappa shape index (κ2) is 6.44. The molecule has 1 atom stereocenters. The molecular formula is C11H11ClN4O2S. The lowest BCUT2D eigenvalue weighted by Gasteiger charge is -2.16. The fraction of sp³-hybridized carbons (Fsp3) is 0.273. The van der Waals surface area contributed by atoms with Gasteiger partial charge >= 0.3 is 0 Å². The van der Waals surface area contributed by atoms with Crippen molar-refractivity contribution < 1.29 is 9.53 Å². The van der Waals surface area contributed by atoms with Crippen LogP contribution in [0.15, 0.2) is 17.8 Å². The maximum Gasteiger partial charge on any atom is 0.293 e. The van der Waals surface area contributed by atoms with E-state index in [4.69, 9.17) is 16.3 Å². The van der Waals surface area contributed by atoms with Gasteiger partial charge in [-0.1, -0.05) is 11.6 Å². The zero-order valence-corrected chi connectivity index (χ0v) is 11.6. The number of aromatic nitrogens is 3. The Morgan fingerprint density at radius 1 is 1.58 bits per heavy atom. The summed E-state index contributed by atoms with van der Waals surface area (Å²) in [5.74, 6) is 1.14. The van der Waals surface area contributed by atoms with E-state index in [9.17, 15) is 4.79 Å². The van der Waals surface area contributed by atoms with Gasteiger partial charge in [-0.3, -0.25) is 9.78 Å². The van der Waals surface area contributed by atoms with Gasteiger partial charge in [0.15, 0.2) is 0 Å². The molecule has 0 spiro atoms. The van der Waals surface area contributed by atoms with Crippen LogP contribution in [0.25, 0.3) is 0 Å². The zero-order chi connectivity index (χ0) is 13.7. The quantitative estimate of drug-likeness (QED) is 0.651. The highest BCUT2D eigenvalue weighted by Gasteiger charge is 2.15. The van der Waals surface area contributed by atoms with Gasteiger partial charge in [0.25, 0.3) is 6.47 Å². The molecule has 0 aromatic carbocycles. The molecule has 1 unspecified atom stereocenters. The largest absolute Gasteiger partial charge is 0.465 e. The molecule has 0 fully saturated rings.